The van der Waals surface area contributed by atoms with Crippen LogP contribution in [0.3, 0.4) is 0 Å². The fourth-order valence-electron chi connectivity index (χ4n) is 2.08. The Morgan fingerprint density at radius 1 is 1.54 bits per heavy atom. The Morgan fingerprint density at radius 2 is 2.42 bits per heavy atom. The van der Waals surface area contributed by atoms with E-state index < -0.39 is 0 Å². The lowest BCUT2D eigenvalue weighted by molar-refractivity contribution is -0.198. The van der Waals surface area contributed by atoms with Gasteiger partial charge in [0.1, 0.15) is 5.82 Å². The molecular formula is C16H22ClN3O4. The van der Waals surface area contributed by atoms with Gasteiger partial charge < -0.3 is 14.8 Å². The quantitative estimate of drug-likeness (QED) is 0.423. The largest absolute Gasteiger partial charge is 0.383 e. The van der Waals surface area contributed by atoms with Gasteiger partial charge in [-0.3, -0.25) is 4.79 Å². The van der Waals surface area contributed by atoms with E-state index in [1.807, 2.05) is 0 Å². The number of amides is 1. The summed E-state index contributed by atoms with van der Waals surface area (Å²) in [5, 5.41) is 3.53. The van der Waals surface area contributed by atoms with Gasteiger partial charge in [0.15, 0.2) is 6.29 Å². The Bertz CT molecular complexity index is 562. The fourth-order valence-corrected chi connectivity index (χ4v) is 2.32. The third-order valence-electron chi connectivity index (χ3n) is 3.32. The van der Waals surface area contributed by atoms with Crippen LogP contribution in [0, 0.1) is 0 Å². The molecule has 1 fully saturated rings. The number of rotatable bonds is 8. The highest BCUT2D eigenvalue weighted by Gasteiger charge is 2.14. The summed E-state index contributed by atoms with van der Waals surface area (Å²) in [4.78, 5) is 21.1. The second kappa shape index (κ2) is 10.2. The molecular weight excluding hydrogens is 334 g/mol. The van der Waals surface area contributed by atoms with Gasteiger partial charge in [0.05, 0.1) is 11.6 Å². The predicted molar refractivity (Wildman–Crippen MR) is 91.5 cm³/mol. The minimum Gasteiger partial charge on any atom is -0.383 e. The summed E-state index contributed by atoms with van der Waals surface area (Å²) in [6, 6.07) is 1.72. The highest BCUT2D eigenvalue weighted by atomic mass is 35.5. The number of hydrogen-bond donors (Lipinski definition) is 2. The fraction of sp³-hybridized carbons (Fsp3) is 0.500. The van der Waals surface area contributed by atoms with Crippen molar-refractivity contribution in [1.29, 1.82) is 0 Å². The van der Waals surface area contributed by atoms with E-state index in [4.69, 9.17) is 25.9 Å². The molecule has 0 radical (unpaired) electrons. The monoisotopic (exact) mass is 355 g/mol. The van der Waals surface area contributed by atoms with Gasteiger partial charge in [-0.2, -0.15) is 0 Å². The molecule has 1 aromatic rings. The average Bonchev–Trinajstić information content (AvgIpc) is 2.61. The van der Waals surface area contributed by atoms with Crippen molar-refractivity contribution in [2.45, 2.75) is 25.6 Å². The third-order valence-corrected chi connectivity index (χ3v) is 3.61. The van der Waals surface area contributed by atoms with Gasteiger partial charge in [-0.05, 0) is 30.5 Å². The van der Waals surface area contributed by atoms with Crippen molar-refractivity contribution < 1.29 is 19.1 Å². The van der Waals surface area contributed by atoms with Crippen molar-refractivity contribution in [2.24, 2.45) is 0 Å². The van der Waals surface area contributed by atoms with Gasteiger partial charge >= 0.3 is 0 Å². The van der Waals surface area contributed by atoms with Gasteiger partial charge in [-0.1, -0.05) is 11.6 Å². The number of aromatic nitrogens is 1. The maximum Gasteiger partial charge on any atom is 0.267 e. The molecule has 8 heteroatoms. The average molecular weight is 356 g/mol. The highest BCUT2D eigenvalue weighted by Crippen LogP contribution is 2.20. The van der Waals surface area contributed by atoms with E-state index in [1.54, 1.807) is 25.4 Å². The van der Waals surface area contributed by atoms with Crippen LogP contribution in [0.25, 0.3) is 6.08 Å². The first kappa shape index (κ1) is 18.7. The van der Waals surface area contributed by atoms with Crippen LogP contribution in [0.2, 0.25) is 5.02 Å². The molecule has 2 N–H and O–H groups in total. The smallest absolute Gasteiger partial charge is 0.267 e. The Morgan fingerprint density at radius 3 is 3.12 bits per heavy atom. The summed E-state index contributed by atoms with van der Waals surface area (Å²) in [6.45, 7) is 1.83. The molecule has 0 aromatic carbocycles. The summed E-state index contributed by atoms with van der Waals surface area (Å²) in [6.07, 6.45) is 7.05. The van der Waals surface area contributed by atoms with E-state index in [0.717, 1.165) is 19.3 Å². The van der Waals surface area contributed by atoms with E-state index in [1.165, 1.54) is 6.08 Å². The van der Waals surface area contributed by atoms with E-state index in [2.05, 4.69) is 15.8 Å². The summed E-state index contributed by atoms with van der Waals surface area (Å²) in [5.74, 6) is 0.204. The minimum absolute atomic E-state index is 0.371. The van der Waals surface area contributed by atoms with Gasteiger partial charge in [0.2, 0.25) is 0 Å². The lowest BCUT2D eigenvalue weighted by atomic mass is 10.2. The number of pyridine rings is 1. The molecule has 1 aromatic heterocycles. The number of anilines is 1. The number of ether oxygens (including phenoxy) is 2. The van der Waals surface area contributed by atoms with E-state index in [0.29, 0.717) is 36.2 Å². The number of hydroxylamine groups is 1. The van der Waals surface area contributed by atoms with Crippen molar-refractivity contribution in [3.05, 3.63) is 28.9 Å². The predicted octanol–water partition coefficient (Wildman–Crippen LogP) is 2.38. The van der Waals surface area contributed by atoms with Crippen molar-refractivity contribution in [3.8, 4) is 0 Å². The topological polar surface area (TPSA) is 81.7 Å². The first-order chi connectivity index (χ1) is 11.7. The molecule has 7 nitrogen and oxygen atoms in total. The van der Waals surface area contributed by atoms with Gasteiger partial charge in [-0.15, -0.1) is 0 Å². The molecule has 1 saturated heterocycles. The van der Waals surface area contributed by atoms with Crippen LogP contribution in [-0.2, 0) is 19.1 Å². The van der Waals surface area contributed by atoms with E-state index >= 15 is 0 Å². The Labute approximate surface area is 146 Å². The molecule has 1 atom stereocenters. The maximum atomic E-state index is 11.7. The molecule has 2 heterocycles. The van der Waals surface area contributed by atoms with E-state index in [-0.39, 0.29) is 12.2 Å². The second-order valence-corrected chi connectivity index (χ2v) is 5.64. The number of nitrogens with zero attached hydrogens (tertiary/aromatic N) is 1. The molecule has 1 aliphatic rings. The molecule has 1 unspecified atom stereocenters. The zero-order chi connectivity index (χ0) is 17.2. The SMILES string of the molecule is COCCNc1ncc(/C=C/C(=O)NOC2CCCCO2)cc1Cl. The normalized spacial score (nSPS) is 17.8. The number of methoxy groups -OCH3 is 1. The first-order valence-electron chi connectivity index (χ1n) is 7.82. The van der Waals surface area contributed by atoms with Crippen LogP contribution in [0.15, 0.2) is 18.3 Å². The number of carbonyl (C=O) groups excluding carboxylic acids is 1. The molecule has 132 valence electrons. The zero-order valence-electron chi connectivity index (χ0n) is 13.6. The summed E-state index contributed by atoms with van der Waals surface area (Å²) < 4.78 is 10.3. The molecule has 0 spiro atoms. The van der Waals surface area contributed by atoms with Gasteiger partial charge in [0.25, 0.3) is 5.91 Å². The van der Waals surface area contributed by atoms with Gasteiger partial charge in [-0.25, -0.2) is 15.3 Å². The standard InChI is InChI=1S/C16H22ClN3O4/c1-22-9-7-18-16-13(17)10-12(11-19-16)5-6-14(21)20-24-15-4-2-3-8-23-15/h5-6,10-11,15H,2-4,7-9H2,1H3,(H,18,19)(H,20,21)/b6-5+. The lowest BCUT2D eigenvalue weighted by Gasteiger charge is -2.21. The van der Waals surface area contributed by atoms with Crippen molar-refractivity contribution in [3.63, 3.8) is 0 Å². The Hall–Kier alpha value is -1.67. The summed E-state index contributed by atoms with van der Waals surface area (Å²) >= 11 is 6.14. The van der Waals surface area contributed by atoms with Crippen LogP contribution in [-0.4, -0.2) is 44.0 Å². The molecule has 1 aliphatic heterocycles. The minimum atomic E-state index is -0.373. The number of carbonyl (C=O) groups is 1. The third kappa shape index (κ3) is 6.45. The molecule has 2 rings (SSSR count). The molecule has 0 saturated carbocycles. The Balaban J connectivity index is 1.79. The van der Waals surface area contributed by atoms with Crippen molar-refractivity contribution in [2.75, 3.05) is 32.2 Å². The van der Waals surface area contributed by atoms with Crippen LogP contribution in [0.4, 0.5) is 5.82 Å². The summed E-state index contributed by atoms with van der Waals surface area (Å²) in [5.41, 5.74) is 3.06. The number of halogens is 1. The first-order valence-corrected chi connectivity index (χ1v) is 8.20. The molecule has 0 bridgehead atoms. The van der Waals surface area contributed by atoms with Gasteiger partial charge in [0, 0.05) is 39.0 Å². The second-order valence-electron chi connectivity index (χ2n) is 5.23. The van der Waals surface area contributed by atoms with Crippen LogP contribution < -0.4 is 10.8 Å². The Kier molecular flexibility index (Phi) is 7.97. The number of hydrogen-bond acceptors (Lipinski definition) is 6. The van der Waals surface area contributed by atoms with Crippen molar-refractivity contribution in [1.82, 2.24) is 10.5 Å². The van der Waals surface area contributed by atoms with Crippen LogP contribution >= 0.6 is 11.6 Å². The van der Waals surface area contributed by atoms with Crippen LogP contribution in [0.1, 0.15) is 24.8 Å². The maximum absolute atomic E-state index is 11.7. The number of nitrogens with one attached hydrogen (secondary N) is 2. The molecule has 24 heavy (non-hydrogen) atoms. The summed E-state index contributed by atoms with van der Waals surface area (Å²) in [7, 11) is 1.62. The molecule has 1 amide bonds. The van der Waals surface area contributed by atoms with E-state index in [9.17, 15) is 4.79 Å². The van der Waals surface area contributed by atoms with Crippen LogP contribution in [0.5, 0.6) is 0 Å². The highest BCUT2D eigenvalue weighted by molar-refractivity contribution is 6.33. The lowest BCUT2D eigenvalue weighted by Crippen LogP contribution is -2.32. The zero-order valence-corrected chi connectivity index (χ0v) is 14.3. The van der Waals surface area contributed by atoms with Crippen molar-refractivity contribution >= 4 is 29.4 Å². The molecule has 0 aliphatic carbocycles.